The second kappa shape index (κ2) is 6.67. The second-order valence-corrected chi connectivity index (χ2v) is 5.76. The number of rotatable bonds is 7. The fourth-order valence-electron chi connectivity index (χ4n) is 1.68. The summed E-state index contributed by atoms with van der Waals surface area (Å²) < 4.78 is 26.4. The van der Waals surface area contributed by atoms with Gasteiger partial charge in [0.15, 0.2) is 5.03 Å². The van der Waals surface area contributed by atoms with Crippen molar-refractivity contribution in [1.29, 1.82) is 0 Å². The first-order valence-corrected chi connectivity index (χ1v) is 7.43. The fourth-order valence-corrected chi connectivity index (χ4v) is 3.37. The number of hydrazine groups is 1. The van der Waals surface area contributed by atoms with Crippen LogP contribution in [-0.2, 0) is 10.0 Å². The molecular formula is C11H20N4O2S. The van der Waals surface area contributed by atoms with Gasteiger partial charge in [-0.25, -0.2) is 13.4 Å². The number of hydrogen-bond donors (Lipinski definition) is 2. The van der Waals surface area contributed by atoms with E-state index < -0.39 is 10.0 Å². The molecule has 0 aliphatic carbocycles. The van der Waals surface area contributed by atoms with Crippen LogP contribution < -0.4 is 11.3 Å². The highest BCUT2D eigenvalue weighted by molar-refractivity contribution is 7.89. The van der Waals surface area contributed by atoms with E-state index in [-0.39, 0.29) is 5.03 Å². The number of nitrogens with zero attached hydrogens (tertiary/aromatic N) is 2. The number of nitrogen functional groups attached to an aromatic ring is 1. The van der Waals surface area contributed by atoms with E-state index in [2.05, 4.69) is 10.4 Å². The monoisotopic (exact) mass is 272 g/mol. The fraction of sp³-hybridized carbons (Fsp3) is 0.545. The van der Waals surface area contributed by atoms with E-state index in [0.29, 0.717) is 18.8 Å². The van der Waals surface area contributed by atoms with Crippen molar-refractivity contribution in [2.45, 2.75) is 31.7 Å². The lowest BCUT2D eigenvalue weighted by atomic mass is 10.4. The van der Waals surface area contributed by atoms with E-state index in [0.717, 1.165) is 12.8 Å². The highest BCUT2D eigenvalue weighted by Gasteiger charge is 2.26. The summed E-state index contributed by atoms with van der Waals surface area (Å²) in [4.78, 5) is 3.93. The van der Waals surface area contributed by atoms with Crippen LogP contribution >= 0.6 is 0 Å². The van der Waals surface area contributed by atoms with Crippen LogP contribution in [0.5, 0.6) is 0 Å². The zero-order chi connectivity index (χ0) is 13.6. The highest BCUT2D eigenvalue weighted by Crippen LogP contribution is 2.21. The van der Waals surface area contributed by atoms with Gasteiger partial charge >= 0.3 is 0 Å². The first-order chi connectivity index (χ1) is 8.57. The van der Waals surface area contributed by atoms with Crippen molar-refractivity contribution in [2.75, 3.05) is 18.5 Å². The molecule has 0 amide bonds. The van der Waals surface area contributed by atoms with Crippen molar-refractivity contribution in [1.82, 2.24) is 9.29 Å². The third kappa shape index (κ3) is 3.18. The number of aromatic nitrogens is 1. The van der Waals surface area contributed by atoms with Crippen LogP contribution in [-0.4, -0.2) is 30.8 Å². The van der Waals surface area contributed by atoms with Gasteiger partial charge < -0.3 is 5.43 Å². The molecule has 0 unspecified atom stereocenters. The summed E-state index contributed by atoms with van der Waals surface area (Å²) in [6, 6.07) is 3.23. The molecule has 7 heteroatoms. The molecule has 102 valence electrons. The minimum atomic E-state index is -3.59. The predicted octanol–water partition coefficient (Wildman–Crippen LogP) is 1.18. The number of sulfonamides is 1. The van der Waals surface area contributed by atoms with Crippen LogP contribution in [0.2, 0.25) is 0 Å². The van der Waals surface area contributed by atoms with Gasteiger partial charge in [-0.3, -0.25) is 5.84 Å². The van der Waals surface area contributed by atoms with Crippen LogP contribution in [0.25, 0.3) is 0 Å². The standard InChI is InChI=1S/C11H20N4O2S/c1-3-8-15(9-4-2)18(16,17)11-10(14-12)6-5-7-13-11/h5-7,14H,3-4,8-9,12H2,1-2H3. The Labute approximate surface area is 108 Å². The Morgan fingerprint density at radius 2 is 1.94 bits per heavy atom. The molecule has 18 heavy (non-hydrogen) atoms. The molecule has 3 N–H and O–H groups in total. The van der Waals surface area contributed by atoms with E-state index in [1.54, 1.807) is 12.1 Å². The molecule has 1 rings (SSSR count). The smallest absolute Gasteiger partial charge is 0.262 e. The molecule has 1 aromatic heterocycles. The summed E-state index contributed by atoms with van der Waals surface area (Å²) in [5.74, 6) is 5.32. The van der Waals surface area contributed by atoms with E-state index in [9.17, 15) is 8.42 Å². The Balaban J connectivity index is 3.17. The molecule has 0 radical (unpaired) electrons. The summed E-state index contributed by atoms with van der Waals surface area (Å²) in [6.07, 6.45) is 2.97. The number of nitrogens with two attached hydrogens (primary N) is 1. The molecule has 0 aliphatic heterocycles. The maximum absolute atomic E-state index is 12.5. The first kappa shape index (κ1) is 14.9. The van der Waals surface area contributed by atoms with Gasteiger partial charge in [0, 0.05) is 19.3 Å². The molecule has 0 aliphatic rings. The van der Waals surface area contributed by atoms with E-state index in [1.807, 2.05) is 13.8 Å². The molecule has 0 fully saturated rings. The van der Waals surface area contributed by atoms with Crippen molar-refractivity contribution in [2.24, 2.45) is 5.84 Å². The van der Waals surface area contributed by atoms with Gasteiger partial charge in [-0.15, -0.1) is 0 Å². The van der Waals surface area contributed by atoms with Crippen molar-refractivity contribution in [3.8, 4) is 0 Å². The normalized spacial score (nSPS) is 11.8. The average Bonchev–Trinajstić information content (AvgIpc) is 2.38. The summed E-state index contributed by atoms with van der Waals surface area (Å²) in [7, 11) is -3.59. The van der Waals surface area contributed by atoms with Crippen LogP contribution in [0.1, 0.15) is 26.7 Å². The Kier molecular flexibility index (Phi) is 5.52. The van der Waals surface area contributed by atoms with Gasteiger partial charge in [0.2, 0.25) is 0 Å². The highest BCUT2D eigenvalue weighted by atomic mass is 32.2. The molecule has 6 nitrogen and oxygen atoms in total. The van der Waals surface area contributed by atoms with E-state index in [1.165, 1.54) is 10.5 Å². The van der Waals surface area contributed by atoms with Crippen LogP contribution in [0.4, 0.5) is 5.69 Å². The average molecular weight is 272 g/mol. The van der Waals surface area contributed by atoms with Crippen molar-refractivity contribution < 1.29 is 8.42 Å². The molecule has 0 saturated carbocycles. The van der Waals surface area contributed by atoms with Gasteiger partial charge in [-0.1, -0.05) is 13.8 Å². The topological polar surface area (TPSA) is 88.3 Å². The van der Waals surface area contributed by atoms with E-state index >= 15 is 0 Å². The zero-order valence-electron chi connectivity index (χ0n) is 10.8. The first-order valence-electron chi connectivity index (χ1n) is 5.99. The SMILES string of the molecule is CCCN(CCC)S(=O)(=O)c1ncccc1NN. The summed E-state index contributed by atoms with van der Waals surface area (Å²) >= 11 is 0. The summed E-state index contributed by atoms with van der Waals surface area (Å²) in [6.45, 7) is 4.85. The van der Waals surface area contributed by atoms with Gasteiger partial charge in [0.25, 0.3) is 10.0 Å². The van der Waals surface area contributed by atoms with Gasteiger partial charge in [0.05, 0.1) is 5.69 Å². The van der Waals surface area contributed by atoms with Gasteiger partial charge in [0.1, 0.15) is 0 Å². The summed E-state index contributed by atoms with van der Waals surface area (Å²) in [5.41, 5.74) is 2.69. The number of nitrogens with one attached hydrogen (secondary N) is 1. The van der Waals surface area contributed by atoms with Crippen molar-refractivity contribution in [3.63, 3.8) is 0 Å². The molecule has 1 heterocycles. The number of hydrogen-bond acceptors (Lipinski definition) is 5. The number of anilines is 1. The van der Waals surface area contributed by atoms with Crippen LogP contribution in [0.15, 0.2) is 23.4 Å². The van der Waals surface area contributed by atoms with Crippen LogP contribution in [0.3, 0.4) is 0 Å². The third-order valence-electron chi connectivity index (χ3n) is 2.46. The lowest BCUT2D eigenvalue weighted by molar-refractivity contribution is 0.408. The molecule has 1 aromatic rings. The Bertz CT molecular complexity index is 470. The maximum atomic E-state index is 12.5. The Morgan fingerprint density at radius 3 is 2.44 bits per heavy atom. The minimum Gasteiger partial charge on any atom is -0.321 e. The molecule has 0 aromatic carbocycles. The summed E-state index contributed by atoms with van der Waals surface area (Å²) in [5, 5.41) is -0.0191. The quantitative estimate of drug-likeness (QED) is 0.575. The lowest BCUT2D eigenvalue weighted by Crippen LogP contribution is -2.33. The van der Waals surface area contributed by atoms with Crippen molar-refractivity contribution >= 4 is 15.7 Å². The van der Waals surface area contributed by atoms with Crippen LogP contribution in [0, 0.1) is 0 Å². The lowest BCUT2D eigenvalue weighted by Gasteiger charge is -2.21. The molecule has 0 saturated heterocycles. The largest absolute Gasteiger partial charge is 0.321 e. The molecule has 0 spiro atoms. The molecule has 0 bridgehead atoms. The predicted molar refractivity (Wildman–Crippen MR) is 71.4 cm³/mol. The Morgan fingerprint density at radius 1 is 1.33 bits per heavy atom. The minimum absolute atomic E-state index is 0.0191. The zero-order valence-corrected chi connectivity index (χ0v) is 11.6. The molecular weight excluding hydrogens is 252 g/mol. The Hall–Kier alpha value is -1.18. The van der Waals surface area contributed by atoms with Gasteiger partial charge in [-0.2, -0.15) is 4.31 Å². The third-order valence-corrected chi connectivity index (χ3v) is 4.32. The maximum Gasteiger partial charge on any atom is 0.262 e. The number of pyridine rings is 1. The van der Waals surface area contributed by atoms with E-state index in [4.69, 9.17) is 5.84 Å². The second-order valence-electron chi connectivity index (χ2n) is 3.90. The molecule has 0 atom stereocenters. The van der Waals surface area contributed by atoms with Gasteiger partial charge in [-0.05, 0) is 25.0 Å². The van der Waals surface area contributed by atoms with Crippen molar-refractivity contribution in [3.05, 3.63) is 18.3 Å².